The summed E-state index contributed by atoms with van der Waals surface area (Å²) in [6.07, 6.45) is 0. The van der Waals surface area contributed by atoms with E-state index < -0.39 is 23.6 Å². The van der Waals surface area contributed by atoms with Crippen LogP contribution >= 0.6 is 0 Å². The Morgan fingerprint density at radius 3 is 0.690 bits per heavy atom. The molecule has 0 spiro atoms. The summed E-state index contributed by atoms with van der Waals surface area (Å²) in [4.78, 5) is 60.7. The van der Waals surface area contributed by atoms with Crippen molar-refractivity contribution in [1.82, 2.24) is 0 Å². The summed E-state index contributed by atoms with van der Waals surface area (Å²) in [7, 11) is 0. The molecule has 13 aromatic carbocycles. The van der Waals surface area contributed by atoms with Gasteiger partial charge in [0, 0.05) is 57.3 Å². The summed E-state index contributed by atoms with van der Waals surface area (Å²) in [5, 5.41) is 5.75. The van der Waals surface area contributed by atoms with Gasteiger partial charge in [-0.1, -0.05) is 84.9 Å². The van der Waals surface area contributed by atoms with Crippen LogP contribution in [-0.2, 0) is 0 Å². The first-order valence-electron chi connectivity index (χ1n) is 27.0. The van der Waals surface area contributed by atoms with Crippen LogP contribution in [0.4, 0.5) is 11.4 Å². The topological polar surface area (TPSA) is 130 Å². The van der Waals surface area contributed by atoms with Crippen LogP contribution in [0.1, 0.15) is 41.4 Å². The number of amides is 4. The first-order valence-corrected chi connectivity index (χ1v) is 27.0. The quantitative estimate of drug-likeness (QED) is 0.0589. The van der Waals surface area contributed by atoms with Crippen LogP contribution in [0, 0.1) is 0 Å². The fourth-order valence-corrected chi connectivity index (χ4v) is 11.3. The predicted molar refractivity (Wildman–Crippen MR) is 322 cm³/mol. The second-order valence-corrected chi connectivity index (χ2v) is 20.2. The SMILES string of the molecule is O=C1c2ccc3c4ccc5c6c(ccc(c7ccc(c2c37)C(=O)N1c1ccc(Oc2cccc(Oc3cccc(Oc7ccccc7)c3)c2)cc1)c64)C(=O)N(c1ccc(Oc2cccc(Oc3cccc(Oc4ccccc4)c3)c2)cc1)C5=O. The smallest absolute Gasteiger partial charge is 0.265 e. The Balaban J connectivity index is 0.658. The molecule has 0 saturated heterocycles. The maximum atomic E-state index is 14.6. The van der Waals surface area contributed by atoms with E-state index in [1.807, 2.05) is 170 Å². The number of anilines is 2. The molecular weight excluding hydrogens is 1050 g/mol. The van der Waals surface area contributed by atoms with E-state index in [1.165, 1.54) is 9.80 Å². The Labute approximate surface area is 479 Å². The average molecular weight is 1100 g/mol. The lowest BCUT2D eigenvalue weighted by Crippen LogP contribution is -2.40. The van der Waals surface area contributed by atoms with Crippen LogP contribution in [0.3, 0.4) is 0 Å². The Morgan fingerprint density at radius 2 is 0.429 bits per heavy atom. The fourth-order valence-electron chi connectivity index (χ4n) is 11.3. The molecule has 2 aliphatic heterocycles. The van der Waals surface area contributed by atoms with E-state index in [2.05, 4.69) is 0 Å². The zero-order valence-corrected chi connectivity index (χ0v) is 44.2. The van der Waals surface area contributed by atoms with E-state index in [9.17, 15) is 19.2 Å². The van der Waals surface area contributed by atoms with Gasteiger partial charge in [-0.3, -0.25) is 19.2 Å². The highest BCUT2D eigenvalue weighted by Crippen LogP contribution is 2.48. The van der Waals surface area contributed by atoms with E-state index in [-0.39, 0.29) is 0 Å². The molecule has 0 unspecified atom stereocenters. The third kappa shape index (κ3) is 8.74. The summed E-state index contributed by atoms with van der Waals surface area (Å²) in [6.45, 7) is 0. The van der Waals surface area contributed by atoms with E-state index >= 15 is 0 Å². The highest BCUT2D eigenvalue weighted by atomic mass is 16.5. The molecule has 0 bridgehead atoms. The lowest BCUT2D eigenvalue weighted by atomic mass is 9.82. The summed E-state index contributed by atoms with van der Waals surface area (Å²) < 4.78 is 36.7. The molecule has 84 heavy (non-hydrogen) atoms. The number of hydrogen-bond donors (Lipinski definition) is 0. The standard InChI is InChI=1S/C72H42N2O10/c75-69-61-35-31-57-59-33-37-63-68-64(72(78)74(71(63)77)44-25-29-48(30-26-44)82-52-18-10-22-56(42-52)84-54-20-8-16-50(40-54)80-46-13-5-2-6-14-46)38-34-60(66(59)68)58-32-36-62(67(61)65(57)58)70(76)73(69)43-23-27-47(28-24-43)81-51-17-9-21-55(41-51)83-53-19-7-15-49(39-53)79-45-11-3-1-4-12-45/h1-42H. The zero-order chi connectivity index (χ0) is 56.4. The van der Waals surface area contributed by atoms with Crippen molar-refractivity contribution in [2.45, 2.75) is 0 Å². The lowest BCUT2D eigenvalue weighted by molar-refractivity contribution is 0.0877. The molecule has 12 nitrogen and oxygen atoms in total. The number of ether oxygens (including phenoxy) is 6. The van der Waals surface area contributed by atoms with Gasteiger partial charge in [0.2, 0.25) is 0 Å². The van der Waals surface area contributed by atoms with Gasteiger partial charge in [-0.25, -0.2) is 9.80 Å². The maximum Gasteiger partial charge on any atom is 0.265 e. The van der Waals surface area contributed by atoms with Gasteiger partial charge >= 0.3 is 0 Å². The molecule has 0 N–H and O–H groups in total. The predicted octanol–water partition coefficient (Wildman–Crippen LogP) is 18.1. The van der Waals surface area contributed by atoms with Crippen LogP contribution in [0.25, 0.3) is 43.1 Å². The van der Waals surface area contributed by atoms with E-state index in [1.54, 1.807) is 84.9 Å². The Kier molecular flexibility index (Phi) is 11.8. The van der Waals surface area contributed by atoms with Crippen LogP contribution in [0.15, 0.2) is 255 Å². The first-order chi connectivity index (χ1) is 41.2. The van der Waals surface area contributed by atoms with Gasteiger partial charge in [0.15, 0.2) is 0 Å². The molecule has 12 heteroatoms. The number of benzene rings is 13. The van der Waals surface area contributed by atoms with Gasteiger partial charge in [-0.2, -0.15) is 0 Å². The number of carbonyl (C=O) groups is 4. The molecule has 0 radical (unpaired) electrons. The van der Waals surface area contributed by atoms with Crippen LogP contribution in [0.2, 0.25) is 0 Å². The van der Waals surface area contributed by atoms with Crippen LogP contribution in [-0.4, -0.2) is 23.6 Å². The van der Waals surface area contributed by atoms with Crippen LogP contribution < -0.4 is 38.2 Å². The number of nitrogens with zero attached hydrogens (tertiary/aromatic N) is 2. The average Bonchev–Trinajstić information content (AvgIpc) is 1.39. The molecule has 2 heterocycles. The minimum Gasteiger partial charge on any atom is -0.457 e. The molecule has 15 rings (SSSR count). The molecule has 0 saturated carbocycles. The van der Waals surface area contributed by atoms with Crippen molar-refractivity contribution in [2.75, 3.05) is 9.80 Å². The van der Waals surface area contributed by atoms with E-state index in [0.717, 1.165) is 32.3 Å². The maximum absolute atomic E-state index is 14.6. The second kappa shape index (κ2) is 20.1. The van der Waals surface area contributed by atoms with Crippen molar-refractivity contribution in [3.63, 3.8) is 0 Å². The third-order valence-electron chi connectivity index (χ3n) is 14.9. The zero-order valence-electron chi connectivity index (χ0n) is 44.2. The third-order valence-corrected chi connectivity index (χ3v) is 14.9. The van der Waals surface area contributed by atoms with Crippen molar-refractivity contribution < 1.29 is 47.6 Å². The molecule has 0 aliphatic carbocycles. The van der Waals surface area contributed by atoms with Gasteiger partial charge in [-0.15, -0.1) is 0 Å². The summed E-state index contributed by atoms with van der Waals surface area (Å²) in [5.74, 6) is 5.13. The lowest BCUT2D eigenvalue weighted by Gasteiger charge is -2.30. The molecular formula is C72H42N2O10. The van der Waals surface area contributed by atoms with Crippen molar-refractivity contribution in [3.8, 4) is 69.0 Å². The molecule has 0 fully saturated rings. The van der Waals surface area contributed by atoms with Crippen molar-refractivity contribution >= 4 is 78.1 Å². The van der Waals surface area contributed by atoms with Crippen molar-refractivity contribution in [1.29, 1.82) is 0 Å². The minimum atomic E-state index is -0.466. The second-order valence-electron chi connectivity index (χ2n) is 20.2. The number of rotatable bonds is 14. The minimum absolute atomic E-state index is 0.376. The molecule has 0 aromatic heterocycles. The molecule has 13 aromatic rings. The number of imide groups is 2. The van der Waals surface area contributed by atoms with Gasteiger partial charge in [-0.05, 0) is 178 Å². The van der Waals surface area contributed by atoms with Gasteiger partial charge < -0.3 is 28.4 Å². The van der Waals surface area contributed by atoms with E-state index in [0.29, 0.717) is 113 Å². The highest BCUT2D eigenvalue weighted by Gasteiger charge is 2.38. The fraction of sp³-hybridized carbons (Fsp3) is 0. The Bertz CT molecular complexity index is 4390. The van der Waals surface area contributed by atoms with Gasteiger partial charge in [0.05, 0.1) is 11.4 Å². The number of hydrogen-bond acceptors (Lipinski definition) is 10. The number of para-hydroxylation sites is 2. The number of carbonyl (C=O) groups excluding carboxylic acids is 4. The molecule has 400 valence electrons. The monoisotopic (exact) mass is 1090 g/mol. The van der Waals surface area contributed by atoms with Gasteiger partial charge in [0.25, 0.3) is 23.6 Å². The highest BCUT2D eigenvalue weighted by molar-refractivity contribution is 6.45. The normalized spacial score (nSPS) is 12.8. The first kappa shape index (κ1) is 49.3. The molecule has 2 aliphatic rings. The molecule has 4 amide bonds. The largest absolute Gasteiger partial charge is 0.457 e. The van der Waals surface area contributed by atoms with Crippen molar-refractivity contribution in [3.05, 3.63) is 277 Å². The molecule has 0 atom stereocenters. The Morgan fingerprint density at radius 1 is 0.202 bits per heavy atom. The summed E-state index contributed by atoms with van der Waals surface area (Å²) in [5.41, 5.74) is 2.26. The van der Waals surface area contributed by atoms with Crippen LogP contribution in [0.5, 0.6) is 69.0 Å². The summed E-state index contributed by atoms with van der Waals surface area (Å²) in [6, 6.07) is 76.4. The Hall–Kier alpha value is -11.8. The van der Waals surface area contributed by atoms with E-state index in [4.69, 9.17) is 28.4 Å². The van der Waals surface area contributed by atoms with Crippen molar-refractivity contribution in [2.24, 2.45) is 0 Å². The summed E-state index contributed by atoms with van der Waals surface area (Å²) >= 11 is 0. The number of fused-ring (bicyclic) bond motifs is 2. The van der Waals surface area contributed by atoms with Gasteiger partial charge in [0.1, 0.15) is 69.0 Å².